The van der Waals surface area contributed by atoms with E-state index < -0.39 is 0 Å². The Kier molecular flexibility index (Phi) is 4.86. The van der Waals surface area contributed by atoms with Gasteiger partial charge in [0.05, 0.1) is 17.6 Å². The van der Waals surface area contributed by atoms with Gasteiger partial charge in [-0.15, -0.1) is 0 Å². The van der Waals surface area contributed by atoms with Crippen LogP contribution in [0.1, 0.15) is 27.4 Å². The Labute approximate surface area is 178 Å². The molecule has 0 aliphatic rings. The zero-order chi connectivity index (χ0) is 21.0. The van der Waals surface area contributed by atoms with Crippen LogP contribution in [0.5, 0.6) is 0 Å². The van der Waals surface area contributed by atoms with Gasteiger partial charge in [-0.25, -0.2) is 15.0 Å². The monoisotopic (exact) mass is 403 g/mol. The number of carbonyl (C=O) groups excluding carboxylic acids is 1. The minimum absolute atomic E-state index is 0.105. The third-order valence-corrected chi connectivity index (χ3v) is 4.82. The van der Waals surface area contributed by atoms with Gasteiger partial charge in [-0.3, -0.25) is 9.78 Å². The van der Waals surface area contributed by atoms with Crippen molar-refractivity contribution in [1.82, 2.24) is 19.9 Å². The number of rotatable bonds is 5. The standard InChI is InChI=1S/C25H17N5O/c31-23(25-28-15-19-13-14-26-24(19)30-25)21-12-11-20(16-27-21)29-22(17-7-3-1-4-8-17)18-9-5-2-6-10-18/h1-16H,(H,26,28,30). The highest BCUT2D eigenvalue weighted by molar-refractivity contribution is 6.14. The van der Waals surface area contributed by atoms with E-state index >= 15 is 0 Å². The highest BCUT2D eigenvalue weighted by atomic mass is 16.1. The van der Waals surface area contributed by atoms with E-state index in [1.807, 2.05) is 66.7 Å². The number of aromatic amines is 1. The molecule has 3 heterocycles. The minimum atomic E-state index is -0.335. The molecule has 1 N–H and O–H groups in total. The maximum Gasteiger partial charge on any atom is 0.248 e. The number of fused-ring (bicyclic) bond motifs is 1. The van der Waals surface area contributed by atoms with E-state index in [0.29, 0.717) is 11.3 Å². The zero-order valence-corrected chi connectivity index (χ0v) is 16.4. The lowest BCUT2D eigenvalue weighted by Crippen LogP contribution is -2.08. The first-order valence-corrected chi connectivity index (χ1v) is 9.78. The molecule has 0 atom stereocenters. The number of hydrogen-bond donors (Lipinski definition) is 1. The number of pyridine rings is 1. The van der Waals surface area contributed by atoms with Crippen molar-refractivity contribution in [3.63, 3.8) is 0 Å². The molecule has 0 saturated carbocycles. The Morgan fingerprint density at radius 2 is 1.48 bits per heavy atom. The highest BCUT2D eigenvalue weighted by Crippen LogP contribution is 2.19. The van der Waals surface area contributed by atoms with Crippen molar-refractivity contribution in [3.8, 4) is 0 Å². The molecular weight excluding hydrogens is 386 g/mol. The molecule has 3 aromatic heterocycles. The van der Waals surface area contributed by atoms with E-state index in [2.05, 4.69) is 19.9 Å². The van der Waals surface area contributed by atoms with Gasteiger partial charge in [0.25, 0.3) is 0 Å². The van der Waals surface area contributed by atoms with Gasteiger partial charge in [0.2, 0.25) is 11.6 Å². The summed E-state index contributed by atoms with van der Waals surface area (Å²) in [7, 11) is 0. The second-order valence-electron chi connectivity index (χ2n) is 6.90. The van der Waals surface area contributed by atoms with E-state index in [9.17, 15) is 4.79 Å². The number of nitrogens with one attached hydrogen (secondary N) is 1. The molecular formula is C25H17N5O. The normalized spacial score (nSPS) is 10.7. The van der Waals surface area contributed by atoms with Crippen LogP contribution < -0.4 is 0 Å². The van der Waals surface area contributed by atoms with Crippen LogP contribution in [0.4, 0.5) is 5.69 Å². The molecule has 0 saturated heterocycles. The van der Waals surface area contributed by atoms with Crippen LogP contribution in [0.2, 0.25) is 0 Å². The number of aliphatic imine (C=N–C) groups is 1. The summed E-state index contributed by atoms with van der Waals surface area (Å²) in [6.45, 7) is 0. The number of benzene rings is 2. The van der Waals surface area contributed by atoms with Crippen LogP contribution >= 0.6 is 0 Å². The van der Waals surface area contributed by atoms with Gasteiger partial charge in [-0.05, 0) is 18.2 Å². The first kappa shape index (κ1) is 18.6. The summed E-state index contributed by atoms with van der Waals surface area (Å²) in [4.78, 5) is 33.3. The lowest BCUT2D eigenvalue weighted by Gasteiger charge is -2.08. The highest BCUT2D eigenvalue weighted by Gasteiger charge is 2.15. The predicted octanol–water partition coefficient (Wildman–Crippen LogP) is 4.75. The lowest BCUT2D eigenvalue weighted by molar-refractivity contribution is 0.102. The molecule has 31 heavy (non-hydrogen) atoms. The van der Waals surface area contributed by atoms with Crippen LogP contribution in [-0.4, -0.2) is 31.4 Å². The Bertz CT molecular complexity index is 1330. The number of hydrogen-bond acceptors (Lipinski definition) is 5. The number of carbonyl (C=O) groups is 1. The van der Waals surface area contributed by atoms with Crippen molar-refractivity contribution in [3.05, 3.63) is 120 Å². The molecule has 6 heteroatoms. The maximum absolute atomic E-state index is 12.8. The molecule has 2 aromatic carbocycles. The van der Waals surface area contributed by atoms with E-state index in [0.717, 1.165) is 22.2 Å². The molecule has 6 nitrogen and oxygen atoms in total. The van der Waals surface area contributed by atoms with Gasteiger partial charge < -0.3 is 4.98 Å². The van der Waals surface area contributed by atoms with E-state index in [1.54, 1.807) is 30.7 Å². The van der Waals surface area contributed by atoms with Crippen LogP contribution in [0, 0.1) is 0 Å². The predicted molar refractivity (Wildman–Crippen MR) is 120 cm³/mol. The summed E-state index contributed by atoms with van der Waals surface area (Å²) in [5.74, 6) is -0.230. The topological polar surface area (TPSA) is 83.9 Å². The second kappa shape index (κ2) is 8.12. The van der Waals surface area contributed by atoms with E-state index in [-0.39, 0.29) is 17.3 Å². The number of H-pyrrole nitrogens is 1. The summed E-state index contributed by atoms with van der Waals surface area (Å²) in [5, 5.41) is 0.851. The molecule has 0 spiro atoms. The van der Waals surface area contributed by atoms with Gasteiger partial charge in [-0.2, -0.15) is 0 Å². The van der Waals surface area contributed by atoms with Crippen LogP contribution in [0.25, 0.3) is 11.0 Å². The minimum Gasteiger partial charge on any atom is -0.346 e. The fourth-order valence-corrected chi connectivity index (χ4v) is 3.27. The lowest BCUT2D eigenvalue weighted by atomic mass is 10.0. The Morgan fingerprint density at radius 3 is 2.13 bits per heavy atom. The summed E-state index contributed by atoms with van der Waals surface area (Å²) in [5.41, 5.74) is 4.38. The van der Waals surface area contributed by atoms with Crippen LogP contribution in [-0.2, 0) is 0 Å². The van der Waals surface area contributed by atoms with Gasteiger partial charge in [-0.1, -0.05) is 60.7 Å². The van der Waals surface area contributed by atoms with E-state index in [1.165, 1.54) is 0 Å². The van der Waals surface area contributed by atoms with Gasteiger partial charge in [0.15, 0.2) is 0 Å². The zero-order valence-electron chi connectivity index (χ0n) is 16.4. The fraction of sp³-hybridized carbons (Fsp3) is 0. The van der Waals surface area contributed by atoms with Crippen molar-refractivity contribution in [2.45, 2.75) is 0 Å². The third-order valence-electron chi connectivity index (χ3n) is 4.82. The summed E-state index contributed by atoms with van der Waals surface area (Å²) in [6, 6.07) is 25.2. The van der Waals surface area contributed by atoms with Crippen LogP contribution in [0.15, 0.2) is 102 Å². The van der Waals surface area contributed by atoms with Gasteiger partial charge in [0, 0.05) is 28.9 Å². The van der Waals surface area contributed by atoms with Crippen molar-refractivity contribution in [2.75, 3.05) is 0 Å². The largest absolute Gasteiger partial charge is 0.346 e. The summed E-state index contributed by atoms with van der Waals surface area (Å²) >= 11 is 0. The van der Waals surface area contributed by atoms with E-state index in [4.69, 9.17) is 4.99 Å². The molecule has 0 aliphatic carbocycles. The fourth-order valence-electron chi connectivity index (χ4n) is 3.27. The molecule has 148 valence electrons. The molecule has 0 radical (unpaired) electrons. The second-order valence-corrected chi connectivity index (χ2v) is 6.90. The molecule has 0 amide bonds. The number of ketones is 1. The van der Waals surface area contributed by atoms with Crippen molar-refractivity contribution >= 4 is 28.2 Å². The van der Waals surface area contributed by atoms with Crippen LogP contribution in [0.3, 0.4) is 0 Å². The first-order chi connectivity index (χ1) is 15.3. The number of aromatic nitrogens is 4. The Balaban J connectivity index is 1.47. The average molecular weight is 403 g/mol. The average Bonchev–Trinajstić information content (AvgIpc) is 3.32. The van der Waals surface area contributed by atoms with Gasteiger partial charge in [0.1, 0.15) is 11.3 Å². The Morgan fingerprint density at radius 1 is 0.774 bits per heavy atom. The maximum atomic E-state index is 12.8. The van der Waals surface area contributed by atoms with Crippen molar-refractivity contribution in [1.29, 1.82) is 0 Å². The quantitative estimate of drug-likeness (QED) is 0.339. The smallest absolute Gasteiger partial charge is 0.248 e. The number of nitrogens with zero attached hydrogens (tertiary/aromatic N) is 4. The molecule has 0 fully saturated rings. The van der Waals surface area contributed by atoms with Crippen molar-refractivity contribution in [2.24, 2.45) is 4.99 Å². The summed E-state index contributed by atoms with van der Waals surface area (Å²) < 4.78 is 0. The SMILES string of the molecule is O=C(c1ccc(N=C(c2ccccc2)c2ccccc2)cn1)c1ncc2cc[nH]c2n1. The first-order valence-electron chi connectivity index (χ1n) is 9.78. The molecule has 5 aromatic rings. The molecule has 0 unspecified atom stereocenters. The molecule has 0 aliphatic heterocycles. The van der Waals surface area contributed by atoms with Crippen molar-refractivity contribution < 1.29 is 4.79 Å². The molecule has 5 rings (SSSR count). The van der Waals surface area contributed by atoms with Gasteiger partial charge >= 0.3 is 0 Å². The summed E-state index contributed by atoms with van der Waals surface area (Å²) in [6.07, 6.45) is 4.97. The third kappa shape index (κ3) is 3.86. The Hall–Kier alpha value is -4.45. The molecule has 0 bridgehead atoms.